The molecule has 0 aromatic heterocycles. The van der Waals surface area contributed by atoms with Gasteiger partial charge in [-0.2, -0.15) is 0 Å². The van der Waals surface area contributed by atoms with Gasteiger partial charge in [0.15, 0.2) is 0 Å². The predicted molar refractivity (Wildman–Crippen MR) is 77.4 cm³/mol. The van der Waals surface area contributed by atoms with Crippen LogP contribution in [0.5, 0.6) is 0 Å². The zero-order chi connectivity index (χ0) is 18.9. The number of aliphatic carboxylic acids is 2. The SMILES string of the molecule is CC(C)OC(=O)OC/C(C(=O)O)=C(/COC(=O)OC(C)C)C(=O)O. The summed E-state index contributed by atoms with van der Waals surface area (Å²) in [5, 5.41) is 18.1. The lowest BCUT2D eigenvalue weighted by molar-refractivity contribution is -0.136. The molecule has 0 unspecified atom stereocenters. The largest absolute Gasteiger partial charge is 0.508 e. The smallest absolute Gasteiger partial charge is 0.478 e. The van der Waals surface area contributed by atoms with Crippen molar-refractivity contribution in [2.45, 2.75) is 39.9 Å². The lowest BCUT2D eigenvalue weighted by Crippen LogP contribution is -2.23. The fraction of sp³-hybridized carbons (Fsp3) is 0.571. The van der Waals surface area contributed by atoms with Crippen LogP contribution in [0.15, 0.2) is 11.1 Å². The number of carboxylic acid groups (broad SMARTS) is 2. The highest BCUT2D eigenvalue weighted by Gasteiger charge is 2.24. The van der Waals surface area contributed by atoms with Crippen LogP contribution in [-0.2, 0) is 28.5 Å². The first-order chi connectivity index (χ1) is 11.0. The first kappa shape index (κ1) is 21.2. The number of hydrogen-bond donors (Lipinski definition) is 2. The second kappa shape index (κ2) is 10.1. The average Bonchev–Trinajstić information content (AvgIpc) is 2.39. The zero-order valence-corrected chi connectivity index (χ0v) is 13.7. The van der Waals surface area contributed by atoms with Crippen molar-refractivity contribution in [3.8, 4) is 0 Å². The summed E-state index contributed by atoms with van der Waals surface area (Å²) in [5.74, 6) is -3.30. The molecule has 10 nitrogen and oxygen atoms in total. The van der Waals surface area contributed by atoms with Gasteiger partial charge in [0.1, 0.15) is 13.2 Å². The van der Waals surface area contributed by atoms with Gasteiger partial charge in [-0.15, -0.1) is 0 Å². The second-order valence-corrected chi connectivity index (χ2v) is 4.98. The lowest BCUT2D eigenvalue weighted by atomic mass is 10.1. The molecule has 0 heterocycles. The number of ether oxygens (including phenoxy) is 4. The van der Waals surface area contributed by atoms with Crippen LogP contribution < -0.4 is 0 Å². The molecule has 0 saturated heterocycles. The molecule has 0 atom stereocenters. The first-order valence-electron chi connectivity index (χ1n) is 6.90. The fourth-order valence-corrected chi connectivity index (χ4v) is 1.27. The Balaban J connectivity index is 5.09. The van der Waals surface area contributed by atoms with Gasteiger partial charge in [0.05, 0.1) is 23.4 Å². The van der Waals surface area contributed by atoms with Gasteiger partial charge < -0.3 is 29.2 Å². The Labute approximate surface area is 137 Å². The van der Waals surface area contributed by atoms with Crippen LogP contribution in [0.4, 0.5) is 9.59 Å². The van der Waals surface area contributed by atoms with Crippen molar-refractivity contribution in [1.29, 1.82) is 0 Å². The minimum absolute atomic E-state index is 0.497. The summed E-state index contributed by atoms with van der Waals surface area (Å²) in [7, 11) is 0. The lowest BCUT2D eigenvalue weighted by Gasteiger charge is -2.12. The Morgan fingerprint density at radius 3 is 1.21 bits per heavy atom. The van der Waals surface area contributed by atoms with E-state index in [1.807, 2.05) is 0 Å². The third-order valence-corrected chi connectivity index (χ3v) is 2.21. The van der Waals surface area contributed by atoms with Crippen molar-refractivity contribution in [1.82, 2.24) is 0 Å². The van der Waals surface area contributed by atoms with Crippen molar-refractivity contribution in [3.63, 3.8) is 0 Å². The molecule has 136 valence electrons. The summed E-state index contributed by atoms with van der Waals surface area (Å²) in [4.78, 5) is 44.9. The topological polar surface area (TPSA) is 146 Å². The number of rotatable bonds is 8. The molecule has 0 aliphatic heterocycles. The standard InChI is InChI=1S/C14H20O10/c1-7(2)23-13(19)21-5-9(11(15)16)10(12(17)18)6-22-14(20)24-8(3)4/h7-8H,5-6H2,1-4H3,(H,15,16)(H,17,18)/b10-9+. The van der Waals surface area contributed by atoms with E-state index in [0.29, 0.717) is 0 Å². The molecule has 2 N–H and O–H groups in total. The molecule has 0 fully saturated rings. The molecular formula is C14H20O10. The van der Waals surface area contributed by atoms with Crippen LogP contribution in [0.3, 0.4) is 0 Å². The number of carbonyl (C=O) groups is 4. The third-order valence-electron chi connectivity index (χ3n) is 2.21. The molecule has 0 bridgehead atoms. The number of carbonyl (C=O) groups excluding carboxylic acids is 2. The predicted octanol–water partition coefficient (Wildman–Crippen LogP) is 1.58. The van der Waals surface area contributed by atoms with Gasteiger partial charge in [0, 0.05) is 0 Å². The maximum Gasteiger partial charge on any atom is 0.508 e. The molecular weight excluding hydrogens is 328 g/mol. The van der Waals surface area contributed by atoms with Crippen LogP contribution in [-0.4, -0.2) is 59.9 Å². The zero-order valence-electron chi connectivity index (χ0n) is 13.7. The van der Waals surface area contributed by atoms with Gasteiger partial charge in [-0.25, -0.2) is 19.2 Å². The molecule has 0 rings (SSSR count). The molecule has 10 heteroatoms. The maximum absolute atomic E-state index is 11.2. The Hall–Kier alpha value is -2.78. The Morgan fingerprint density at radius 1 is 0.708 bits per heavy atom. The summed E-state index contributed by atoms with van der Waals surface area (Å²) in [6, 6.07) is 0. The highest BCUT2D eigenvalue weighted by atomic mass is 16.7. The molecule has 0 aromatic carbocycles. The van der Waals surface area contributed by atoms with Crippen LogP contribution in [0.2, 0.25) is 0 Å². The van der Waals surface area contributed by atoms with Crippen LogP contribution in [0.1, 0.15) is 27.7 Å². The Morgan fingerprint density at radius 2 is 1.00 bits per heavy atom. The molecule has 0 aliphatic rings. The minimum atomic E-state index is -1.65. The summed E-state index contributed by atoms with van der Waals surface area (Å²) in [6.07, 6.45) is -3.31. The fourth-order valence-electron chi connectivity index (χ4n) is 1.27. The summed E-state index contributed by atoms with van der Waals surface area (Å²) in [5.41, 5.74) is -1.53. The van der Waals surface area contributed by atoms with Crippen LogP contribution in [0.25, 0.3) is 0 Å². The first-order valence-corrected chi connectivity index (χ1v) is 6.90. The Bertz CT molecular complexity index is 472. The van der Waals surface area contributed by atoms with Gasteiger partial charge >= 0.3 is 24.2 Å². The van der Waals surface area contributed by atoms with Gasteiger partial charge in [0.2, 0.25) is 0 Å². The van der Waals surface area contributed by atoms with E-state index in [9.17, 15) is 19.2 Å². The van der Waals surface area contributed by atoms with Crippen molar-refractivity contribution in [2.24, 2.45) is 0 Å². The summed E-state index contributed by atoms with van der Waals surface area (Å²) >= 11 is 0. The van der Waals surface area contributed by atoms with Crippen molar-refractivity contribution >= 4 is 24.2 Å². The van der Waals surface area contributed by atoms with E-state index < -0.39 is 60.8 Å². The Kier molecular flexibility index (Phi) is 8.91. The molecule has 0 saturated carbocycles. The van der Waals surface area contributed by atoms with Gasteiger partial charge in [-0.1, -0.05) is 0 Å². The van der Waals surface area contributed by atoms with Gasteiger partial charge in [0.25, 0.3) is 0 Å². The normalized spacial score (nSPS) is 11.6. The van der Waals surface area contributed by atoms with Crippen LogP contribution in [0, 0.1) is 0 Å². The van der Waals surface area contributed by atoms with E-state index in [1.54, 1.807) is 27.7 Å². The average molecular weight is 348 g/mol. The maximum atomic E-state index is 11.2. The quantitative estimate of drug-likeness (QED) is 0.489. The van der Waals surface area contributed by atoms with E-state index in [1.165, 1.54) is 0 Å². The number of hydrogen-bond acceptors (Lipinski definition) is 8. The highest BCUT2D eigenvalue weighted by molar-refractivity contribution is 5.99. The van der Waals surface area contributed by atoms with E-state index in [-0.39, 0.29) is 0 Å². The summed E-state index contributed by atoms with van der Waals surface area (Å²) in [6.45, 7) is 4.45. The summed E-state index contributed by atoms with van der Waals surface area (Å²) < 4.78 is 18.4. The monoisotopic (exact) mass is 348 g/mol. The van der Waals surface area contributed by atoms with E-state index in [2.05, 4.69) is 18.9 Å². The molecule has 0 aliphatic carbocycles. The van der Waals surface area contributed by atoms with Crippen molar-refractivity contribution in [2.75, 3.05) is 13.2 Å². The molecule has 24 heavy (non-hydrogen) atoms. The van der Waals surface area contributed by atoms with E-state index >= 15 is 0 Å². The van der Waals surface area contributed by atoms with Gasteiger partial charge in [-0.05, 0) is 27.7 Å². The van der Waals surface area contributed by atoms with E-state index in [4.69, 9.17) is 10.2 Å². The molecule has 0 radical (unpaired) electrons. The minimum Gasteiger partial charge on any atom is -0.478 e. The van der Waals surface area contributed by atoms with Crippen molar-refractivity contribution in [3.05, 3.63) is 11.1 Å². The number of carboxylic acids is 2. The van der Waals surface area contributed by atoms with Crippen LogP contribution >= 0.6 is 0 Å². The van der Waals surface area contributed by atoms with Crippen molar-refractivity contribution < 1.29 is 48.3 Å². The highest BCUT2D eigenvalue weighted by Crippen LogP contribution is 2.10. The second-order valence-electron chi connectivity index (χ2n) is 4.98. The molecule has 0 aromatic rings. The molecule has 0 spiro atoms. The van der Waals surface area contributed by atoms with E-state index in [0.717, 1.165) is 0 Å². The van der Waals surface area contributed by atoms with Gasteiger partial charge in [-0.3, -0.25) is 0 Å². The molecule has 0 amide bonds. The third kappa shape index (κ3) is 8.61.